The van der Waals surface area contributed by atoms with Crippen LogP contribution in [-0.4, -0.2) is 52.9 Å². The van der Waals surface area contributed by atoms with Crippen molar-refractivity contribution in [3.8, 4) is 0 Å². The van der Waals surface area contributed by atoms with E-state index < -0.39 is 0 Å². The zero-order valence-corrected chi connectivity index (χ0v) is 19.1. The molecule has 0 saturated heterocycles. The first kappa shape index (κ1) is 25.5. The van der Waals surface area contributed by atoms with Gasteiger partial charge in [-0.15, -0.1) is 0 Å². The molecule has 0 bridgehead atoms. The highest BCUT2D eigenvalue weighted by molar-refractivity contribution is 5.14. The van der Waals surface area contributed by atoms with Crippen LogP contribution >= 0.6 is 0 Å². The molecule has 172 valence electrons. The van der Waals surface area contributed by atoms with E-state index >= 15 is 0 Å². The highest BCUT2D eigenvalue weighted by Crippen LogP contribution is 2.18. The van der Waals surface area contributed by atoms with Crippen molar-refractivity contribution < 1.29 is 23.7 Å². The Morgan fingerprint density at radius 1 is 0.548 bits per heavy atom. The predicted molar refractivity (Wildman–Crippen MR) is 123 cm³/mol. The Kier molecular flexibility index (Phi) is 13.1. The summed E-state index contributed by atoms with van der Waals surface area (Å²) < 4.78 is 29.0. The molecule has 0 radical (unpaired) electrons. The minimum absolute atomic E-state index is 0.200. The zero-order valence-electron chi connectivity index (χ0n) is 19.1. The van der Waals surface area contributed by atoms with Crippen LogP contribution in [0, 0.1) is 5.41 Å². The largest absolute Gasteiger partial charge is 0.381 e. The van der Waals surface area contributed by atoms with E-state index in [0.717, 1.165) is 13.0 Å². The third-order valence-electron chi connectivity index (χ3n) is 4.67. The van der Waals surface area contributed by atoms with Gasteiger partial charge in [0.25, 0.3) is 0 Å². The van der Waals surface area contributed by atoms with Crippen LogP contribution in [0.2, 0.25) is 0 Å². The van der Waals surface area contributed by atoms with Crippen molar-refractivity contribution in [2.24, 2.45) is 5.41 Å². The molecule has 0 unspecified atom stereocenters. The van der Waals surface area contributed by atoms with Gasteiger partial charge in [-0.25, -0.2) is 0 Å². The van der Waals surface area contributed by atoms with Gasteiger partial charge in [-0.3, -0.25) is 0 Å². The van der Waals surface area contributed by atoms with Crippen molar-refractivity contribution in [3.05, 3.63) is 71.8 Å². The fourth-order valence-corrected chi connectivity index (χ4v) is 2.99. The standard InChI is InChI=1S/C26H38O5/c1-3-14-29-21-26(2,22-30-17-15-27-19-24-10-6-4-7-11-24)23-31-18-16-28-20-25-12-8-5-9-13-25/h4-13H,3,14-23H2,1-2H3. The van der Waals surface area contributed by atoms with Crippen LogP contribution in [-0.2, 0) is 36.9 Å². The Bertz CT molecular complexity index is 611. The molecule has 2 aromatic rings. The molecule has 0 aliphatic rings. The Labute approximate surface area is 187 Å². The molecule has 31 heavy (non-hydrogen) atoms. The molecule has 5 heteroatoms. The van der Waals surface area contributed by atoms with E-state index in [1.165, 1.54) is 11.1 Å². The van der Waals surface area contributed by atoms with Crippen molar-refractivity contribution in [1.29, 1.82) is 0 Å². The van der Waals surface area contributed by atoms with E-state index in [2.05, 4.69) is 38.1 Å². The zero-order chi connectivity index (χ0) is 22.0. The van der Waals surface area contributed by atoms with E-state index in [4.69, 9.17) is 23.7 Å². The van der Waals surface area contributed by atoms with Gasteiger partial charge in [0.1, 0.15) is 0 Å². The summed E-state index contributed by atoms with van der Waals surface area (Å²) in [6, 6.07) is 20.3. The molecule has 0 amide bonds. The third-order valence-corrected chi connectivity index (χ3v) is 4.67. The molecule has 0 aliphatic carbocycles. The maximum atomic E-state index is 5.89. The van der Waals surface area contributed by atoms with E-state index in [1.54, 1.807) is 0 Å². The lowest BCUT2D eigenvalue weighted by Crippen LogP contribution is -2.35. The van der Waals surface area contributed by atoms with Gasteiger partial charge in [-0.2, -0.15) is 0 Å². The van der Waals surface area contributed by atoms with Crippen LogP contribution in [0.5, 0.6) is 0 Å². The van der Waals surface area contributed by atoms with Gasteiger partial charge in [-0.1, -0.05) is 74.5 Å². The predicted octanol–water partition coefficient (Wildman–Crippen LogP) is 4.89. The van der Waals surface area contributed by atoms with Crippen LogP contribution < -0.4 is 0 Å². The summed E-state index contributed by atoms with van der Waals surface area (Å²) in [6.07, 6.45) is 0.998. The van der Waals surface area contributed by atoms with Gasteiger partial charge in [0.05, 0.1) is 59.5 Å². The van der Waals surface area contributed by atoms with Crippen molar-refractivity contribution in [2.75, 3.05) is 52.9 Å². The fraction of sp³-hybridized carbons (Fsp3) is 0.538. The van der Waals surface area contributed by atoms with Crippen molar-refractivity contribution >= 4 is 0 Å². The average Bonchev–Trinajstić information content (AvgIpc) is 2.80. The topological polar surface area (TPSA) is 46.2 Å². The first-order valence-corrected chi connectivity index (χ1v) is 11.2. The van der Waals surface area contributed by atoms with Crippen molar-refractivity contribution in [1.82, 2.24) is 0 Å². The second kappa shape index (κ2) is 16.0. The summed E-state index contributed by atoms with van der Waals surface area (Å²) in [5, 5.41) is 0. The number of ether oxygens (including phenoxy) is 5. The summed E-state index contributed by atoms with van der Waals surface area (Å²) in [6.45, 7) is 10.2. The van der Waals surface area contributed by atoms with Gasteiger partial charge in [0.15, 0.2) is 0 Å². The first-order chi connectivity index (χ1) is 15.2. The molecule has 0 atom stereocenters. The first-order valence-electron chi connectivity index (χ1n) is 11.2. The average molecular weight is 431 g/mol. The Balaban J connectivity index is 1.59. The molecule has 0 fully saturated rings. The Hall–Kier alpha value is -1.76. The Morgan fingerprint density at radius 3 is 1.35 bits per heavy atom. The summed E-state index contributed by atoms with van der Waals surface area (Å²) in [7, 11) is 0. The maximum Gasteiger partial charge on any atom is 0.0718 e. The van der Waals surface area contributed by atoms with Crippen LogP contribution in [0.1, 0.15) is 31.4 Å². The summed E-state index contributed by atoms with van der Waals surface area (Å²) in [5.74, 6) is 0. The smallest absolute Gasteiger partial charge is 0.0718 e. The molecule has 0 N–H and O–H groups in total. The normalized spacial score (nSPS) is 11.7. The van der Waals surface area contributed by atoms with Crippen LogP contribution in [0.3, 0.4) is 0 Å². The van der Waals surface area contributed by atoms with E-state index in [1.807, 2.05) is 36.4 Å². The number of benzene rings is 2. The van der Waals surface area contributed by atoms with E-state index in [-0.39, 0.29) is 5.41 Å². The van der Waals surface area contributed by atoms with Gasteiger partial charge >= 0.3 is 0 Å². The molecule has 2 aromatic carbocycles. The maximum absolute atomic E-state index is 5.89. The molecule has 5 nitrogen and oxygen atoms in total. The Morgan fingerprint density at radius 2 is 0.935 bits per heavy atom. The number of hydrogen-bond acceptors (Lipinski definition) is 5. The quantitative estimate of drug-likeness (QED) is 0.315. The molecule has 0 aromatic heterocycles. The third kappa shape index (κ3) is 12.0. The van der Waals surface area contributed by atoms with Crippen LogP contribution in [0.15, 0.2) is 60.7 Å². The van der Waals surface area contributed by atoms with Gasteiger partial charge in [-0.05, 0) is 17.5 Å². The second-order valence-electron chi connectivity index (χ2n) is 8.04. The molecule has 0 heterocycles. The van der Waals surface area contributed by atoms with E-state index in [9.17, 15) is 0 Å². The van der Waals surface area contributed by atoms with Gasteiger partial charge in [0.2, 0.25) is 0 Å². The number of hydrogen-bond donors (Lipinski definition) is 0. The lowest BCUT2D eigenvalue weighted by Gasteiger charge is -2.29. The molecular formula is C26H38O5. The minimum Gasteiger partial charge on any atom is -0.381 e. The minimum atomic E-state index is -0.200. The second-order valence-corrected chi connectivity index (χ2v) is 8.04. The van der Waals surface area contributed by atoms with Crippen LogP contribution in [0.4, 0.5) is 0 Å². The molecular weight excluding hydrogens is 392 g/mol. The van der Waals surface area contributed by atoms with E-state index in [0.29, 0.717) is 59.5 Å². The van der Waals surface area contributed by atoms with Crippen molar-refractivity contribution in [3.63, 3.8) is 0 Å². The SMILES string of the molecule is CCCOCC(C)(COCCOCc1ccccc1)COCCOCc1ccccc1. The lowest BCUT2D eigenvalue weighted by molar-refractivity contribution is -0.0752. The van der Waals surface area contributed by atoms with Crippen LogP contribution in [0.25, 0.3) is 0 Å². The monoisotopic (exact) mass is 430 g/mol. The fourth-order valence-electron chi connectivity index (χ4n) is 2.99. The molecule has 0 spiro atoms. The van der Waals surface area contributed by atoms with Crippen molar-refractivity contribution in [2.45, 2.75) is 33.5 Å². The highest BCUT2D eigenvalue weighted by Gasteiger charge is 2.25. The highest BCUT2D eigenvalue weighted by atomic mass is 16.5. The van der Waals surface area contributed by atoms with Gasteiger partial charge < -0.3 is 23.7 Å². The summed E-state index contributed by atoms with van der Waals surface area (Å²) in [4.78, 5) is 0. The lowest BCUT2D eigenvalue weighted by atomic mass is 9.94. The summed E-state index contributed by atoms with van der Waals surface area (Å²) >= 11 is 0. The summed E-state index contributed by atoms with van der Waals surface area (Å²) in [5.41, 5.74) is 2.14. The molecule has 0 saturated carbocycles. The van der Waals surface area contributed by atoms with Gasteiger partial charge in [0, 0.05) is 12.0 Å². The molecule has 2 rings (SSSR count). The number of rotatable bonds is 18. The molecule has 0 aliphatic heterocycles.